The lowest BCUT2D eigenvalue weighted by Gasteiger charge is -1.99. The number of carbonyl (C=O) groups is 2. The third-order valence-corrected chi connectivity index (χ3v) is 2.85. The Balaban J connectivity index is 2.18. The summed E-state index contributed by atoms with van der Waals surface area (Å²) in [5, 5.41) is 8.34. The molecule has 0 unspecified atom stereocenters. The van der Waals surface area contributed by atoms with E-state index in [0.29, 0.717) is 5.75 Å². The summed E-state index contributed by atoms with van der Waals surface area (Å²) in [6.07, 6.45) is 0.104. The molecule has 1 rings (SSSR count). The maximum atomic E-state index is 10.7. The van der Waals surface area contributed by atoms with Gasteiger partial charge in [0.25, 0.3) is 0 Å². The third kappa shape index (κ3) is 4.65. The Labute approximate surface area is 92.5 Å². The molecule has 0 fully saturated rings. The number of benzene rings is 1. The highest BCUT2D eigenvalue weighted by Crippen LogP contribution is 2.12. The van der Waals surface area contributed by atoms with Crippen LogP contribution >= 0.6 is 11.8 Å². The number of aliphatic carboxylic acids is 1. The second kappa shape index (κ2) is 6.24. The first-order chi connectivity index (χ1) is 7.20. The summed E-state index contributed by atoms with van der Waals surface area (Å²) in [7, 11) is 0. The van der Waals surface area contributed by atoms with Crippen LogP contribution in [0.2, 0.25) is 0 Å². The SMILES string of the molecule is O=C(O)C(=O)CCSCc1ccccc1. The Morgan fingerprint density at radius 1 is 1.20 bits per heavy atom. The molecule has 0 saturated carbocycles. The van der Waals surface area contributed by atoms with E-state index < -0.39 is 11.8 Å². The number of rotatable bonds is 6. The summed E-state index contributed by atoms with van der Waals surface area (Å²) >= 11 is 1.57. The van der Waals surface area contributed by atoms with Crippen molar-refractivity contribution in [2.75, 3.05) is 5.75 Å². The predicted octanol–water partition coefficient (Wildman–Crippen LogP) is 1.96. The Bertz CT molecular complexity index is 335. The number of carbonyl (C=O) groups excluding carboxylic acids is 1. The monoisotopic (exact) mass is 224 g/mol. The van der Waals surface area contributed by atoms with E-state index in [1.54, 1.807) is 11.8 Å². The van der Waals surface area contributed by atoms with Crippen LogP contribution in [0.3, 0.4) is 0 Å². The zero-order chi connectivity index (χ0) is 11.1. The second-order valence-electron chi connectivity index (χ2n) is 3.02. The fourth-order valence-corrected chi connectivity index (χ4v) is 1.94. The molecule has 15 heavy (non-hydrogen) atoms. The summed E-state index contributed by atoms with van der Waals surface area (Å²) in [4.78, 5) is 20.9. The first kappa shape index (κ1) is 11.8. The van der Waals surface area contributed by atoms with Gasteiger partial charge >= 0.3 is 5.97 Å². The summed E-state index contributed by atoms with van der Waals surface area (Å²) in [5.41, 5.74) is 1.19. The number of carboxylic acid groups (broad SMARTS) is 1. The Morgan fingerprint density at radius 2 is 1.87 bits per heavy atom. The number of hydrogen-bond acceptors (Lipinski definition) is 3. The standard InChI is InChI=1S/C11H12O3S/c12-10(11(13)14)6-7-15-8-9-4-2-1-3-5-9/h1-5H,6-8H2,(H,13,14). The zero-order valence-corrected chi connectivity index (χ0v) is 9.00. The lowest BCUT2D eigenvalue weighted by atomic mass is 10.2. The van der Waals surface area contributed by atoms with Crippen LogP contribution in [0.1, 0.15) is 12.0 Å². The molecule has 0 bridgehead atoms. The van der Waals surface area contributed by atoms with E-state index in [4.69, 9.17) is 5.11 Å². The minimum absolute atomic E-state index is 0.104. The molecule has 0 radical (unpaired) electrons. The number of ketones is 1. The van der Waals surface area contributed by atoms with Gasteiger partial charge in [0, 0.05) is 17.9 Å². The van der Waals surface area contributed by atoms with Crippen LogP contribution in [-0.4, -0.2) is 22.6 Å². The quantitative estimate of drug-likeness (QED) is 0.593. The van der Waals surface area contributed by atoms with Crippen LogP contribution in [0.15, 0.2) is 30.3 Å². The van der Waals surface area contributed by atoms with Crippen LogP contribution < -0.4 is 0 Å². The average Bonchev–Trinajstić information content (AvgIpc) is 2.25. The van der Waals surface area contributed by atoms with Gasteiger partial charge in [0.2, 0.25) is 5.78 Å². The van der Waals surface area contributed by atoms with Gasteiger partial charge in [0.05, 0.1) is 0 Å². The minimum Gasteiger partial charge on any atom is -0.476 e. The lowest BCUT2D eigenvalue weighted by molar-refractivity contribution is -0.148. The van der Waals surface area contributed by atoms with Crippen LogP contribution in [0.25, 0.3) is 0 Å². The van der Waals surface area contributed by atoms with Gasteiger partial charge < -0.3 is 5.11 Å². The molecule has 4 heteroatoms. The molecule has 1 aromatic rings. The number of thioether (sulfide) groups is 1. The molecule has 0 amide bonds. The molecular weight excluding hydrogens is 212 g/mol. The van der Waals surface area contributed by atoms with Crippen molar-refractivity contribution in [1.82, 2.24) is 0 Å². The van der Waals surface area contributed by atoms with Gasteiger partial charge in [-0.05, 0) is 5.56 Å². The van der Waals surface area contributed by atoms with Crippen molar-refractivity contribution in [2.45, 2.75) is 12.2 Å². The molecule has 0 aliphatic carbocycles. The second-order valence-corrected chi connectivity index (χ2v) is 4.12. The average molecular weight is 224 g/mol. The molecule has 3 nitrogen and oxygen atoms in total. The van der Waals surface area contributed by atoms with Crippen molar-refractivity contribution >= 4 is 23.5 Å². The van der Waals surface area contributed by atoms with Gasteiger partial charge in [-0.3, -0.25) is 4.79 Å². The fraction of sp³-hybridized carbons (Fsp3) is 0.273. The van der Waals surface area contributed by atoms with Gasteiger partial charge in [-0.25, -0.2) is 4.79 Å². The largest absolute Gasteiger partial charge is 0.476 e. The number of hydrogen-bond donors (Lipinski definition) is 1. The highest BCUT2D eigenvalue weighted by molar-refractivity contribution is 7.98. The third-order valence-electron chi connectivity index (χ3n) is 1.82. The Hall–Kier alpha value is -1.29. The van der Waals surface area contributed by atoms with Gasteiger partial charge in [0.1, 0.15) is 0 Å². The highest BCUT2D eigenvalue weighted by Gasteiger charge is 2.09. The highest BCUT2D eigenvalue weighted by atomic mass is 32.2. The maximum absolute atomic E-state index is 10.7. The Morgan fingerprint density at radius 3 is 2.47 bits per heavy atom. The zero-order valence-electron chi connectivity index (χ0n) is 8.18. The molecule has 0 spiro atoms. The fourth-order valence-electron chi connectivity index (χ4n) is 1.04. The van der Waals surface area contributed by atoms with Gasteiger partial charge in [-0.1, -0.05) is 30.3 Å². The number of carboxylic acids is 1. The topological polar surface area (TPSA) is 54.4 Å². The van der Waals surface area contributed by atoms with Gasteiger partial charge in [-0.15, -0.1) is 0 Å². The van der Waals surface area contributed by atoms with Gasteiger partial charge in [0.15, 0.2) is 0 Å². The van der Waals surface area contributed by atoms with Gasteiger partial charge in [-0.2, -0.15) is 11.8 Å². The first-order valence-electron chi connectivity index (χ1n) is 4.58. The molecule has 0 atom stereocenters. The molecule has 1 aromatic carbocycles. The molecule has 1 N–H and O–H groups in total. The predicted molar refractivity (Wildman–Crippen MR) is 59.9 cm³/mol. The van der Waals surface area contributed by atoms with E-state index in [-0.39, 0.29) is 6.42 Å². The molecule has 0 heterocycles. The molecule has 0 aliphatic heterocycles. The van der Waals surface area contributed by atoms with Crippen LogP contribution in [-0.2, 0) is 15.3 Å². The summed E-state index contributed by atoms with van der Waals surface area (Å²) < 4.78 is 0. The molecular formula is C11H12O3S. The summed E-state index contributed by atoms with van der Waals surface area (Å²) in [6.45, 7) is 0. The minimum atomic E-state index is -1.34. The van der Waals surface area contributed by atoms with E-state index in [1.807, 2.05) is 30.3 Å². The molecule has 0 aromatic heterocycles. The lowest BCUT2D eigenvalue weighted by Crippen LogP contribution is -2.12. The molecule has 0 saturated heterocycles. The van der Waals surface area contributed by atoms with Crippen molar-refractivity contribution in [3.8, 4) is 0 Å². The number of Topliss-reactive ketones (excluding diaryl/α,β-unsaturated/α-hetero) is 1. The molecule has 0 aliphatic rings. The van der Waals surface area contributed by atoms with E-state index in [0.717, 1.165) is 5.75 Å². The van der Waals surface area contributed by atoms with E-state index in [9.17, 15) is 9.59 Å². The van der Waals surface area contributed by atoms with Crippen LogP contribution in [0, 0.1) is 0 Å². The molecule has 80 valence electrons. The van der Waals surface area contributed by atoms with E-state index >= 15 is 0 Å². The Kier molecular flexibility index (Phi) is 4.90. The van der Waals surface area contributed by atoms with E-state index in [1.165, 1.54) is 5.56 Å². The summed E-state index contributed by atoms with van der Waals surface area (Å²) in [5.74, 6) is -0.681. The van der Waals surface area contributed by atoms with Crippen molar-refractivity contribution in [3.05, 3.63) is 35.9 Å². The van der Waals surface area contributed by atoms with Crippen LogP contribution in [0.4, 0.5) is 0 Å². The van der Waals surface area contributed by atoms with Crippen molar-refractivity contribution < 1.29 is 14.7 Å². The normalized spacial score (nSPS) is 9.87. The summed E-state index contributed by atoms with van der Waals surface area (Å²) in [6, 6.07) is 9.87. The van der Waals surface area contributed by atoms with E-state index in [2.05, 4.69) is 0 Å². The van der Waals surface area contributed by atoms with Crippen molar-refractivity contribution in [2.24, 2.45) is 0 Å². The maximum Gasteiger partial charge on any atom is 0.372 e. The van der Waals surface area contributed by atoms with Crippen molar-refractivity contribution in [1.29, 1.82) is 0 Å². The first-order valence-corrected chi connectivity index (χ1v) is 5.73. The van der Waals surface area contributed by atoms with Crippen LogP contribution in [0.5, 0.6) is 0 Å². The smallest absolute Gasteiger partial charge is 0.372 e. The van der Waals surface area contributed by atoms with Crippen molar-refractivity contribution in [3.63, 3.8) is 0 Å².